The zero-order valence-electron chi connectivity index (χ0n) is 24.1. The van der Waals surface area contributed by atoms with Crippen LogP contribution in [0.2, 0.25) is 0 Å². The smallest absolute Gasteiger partial charge is 0.138 e. The van der Waals surface area contributed by atoms with Crippen LogP contribution < -0.4 is 0 Å². The van der Waals surface area contributed by atoms with E-state index in [-0.39, 0.29) is 0 Å². The molecule has 6 aromatic carbocycles. The first kappa shape index (κ1) is 25.1. The fourth-order valence-corrected chi connectivity index (χ4v) is 9.43. The van der Waals surface area contributed by atoms with Gasteiger partial charge in [0.2, 0.25) is 0 Å². The third-order valence-corrected chi connectivity index (χ3v) is 11.3. The van der Waals surface area contributed by atoms with Crippen LogP contribution in [0.3, 0.4) is 0 Å². The average Bonchev–Trinajstić information content (AvgIpc) is 3.78. The predicted octanol–water partition coefficient (Wildman–Crippen LogP) is 12.2. The lowest BCUT2D eigenvalue weighted by atomic mass is 9.99. The van der Waals surface area contributed by atoms with E-state index in [1.165, 1.54) is 67.7 Å². The fourth-order valence-electron chi connectivity index (χ4n) is 7.04. The minimum atomic E-state index is 0.926. The van der Waals surface area contributed by atoms with Crippen LogP contribution in [0.15, 0.2) is 146 Å². The van der Waals surface area contributed by atoms with Crippen LogP contribution in [0.4, 0.5) is 0 Å². The van der Waals surface area contributed by atoms with Crippen LogP contribution in [-0.4, -0.2) is 9.55 Å². The molecular formula is C41H24N2S2. The molecule has 0 spiro atoms. The van der Waals surface area contributed by atoms with E-state index in [4.69, 9.17) is 4.98 Å². The maximum absolute atomic E-state index is 5.50. The molecule has 0 N–H and O–H groups in total. The molecule has 10 rings (SSSR count). The Labute approximate surface area is 267 Å². The van der Waals surface area contributed by atoms with Crippen molar-refractivity contribution in [1.29, 1.82) is 0 Å². The lowest BCUT2D eigenvalue weighted by Crippen LogP contribution is -2.00. The van der Waals surface area contributed by atoms with Crippen molar-refractivity contribution < 1.29 is 0 Å². The van der Waals surface area contributed by atoms with Crippen molar-refractivity contribution in [3.63, 3.8) is 0 Å². The molecule has 0 fully saturated rings. The summed E-state index contributed by atoms with van der Waals surface area (Å²) in [6.07, 6.45) is 0. The minimum Gasteiger partial charge on any atom is -0.294 e. The average molecular weight is 609 g/mol. The van der Waals surface area contributed by atoms with Crippen molar-refractivity contribution in [3.05, 3.63) is 146 Å². The SMILES string of the molecule is c1ccc(-c2cc(-c3cccc4sc5ccccc5c34)nc(-n3c4ccccc4c4c5sc6ccccc6c5ccc43)c2)cc1. The van der Waals surface area contributed by atoms with E-state index in [1.807, 2.05) is 22.7 Å². The summed E-state index contributed by atoms with van der Waals surface area (Å²) in [5.74, 6) is 0.926. The van der Waals surface area contributed by atoms with Gasteiger partial charge in [-0.15, -0.1) is 22.7 Å². The zero-order valence-corrected chi connectivity index (χ0v) is 25.7. The van der Waals surface area contributed by atoms with Gasteiger partial charge in [0.05, 0.1) is 16.7 Å². The maximum Gasteiger partial charge on any atom is 0.138 e. The Morgan fingerprint density at radius 1 is 0.444 bits per heavy atom. The number of para-hydroxylation sites is 1. The maximum atomic E-state index is 5.50. The van der Waals surface area contributed by atoms with Gasteiger partial charge in [-0.05, 0) is 53.6 Å². The van der Waals surface area contributed by atoms with Gasteiger partial charge in [0.15, 0.2) is 0 Å². The summed E-state index contributed by atoms with van der Waals surface area (Å²) in [7, 11) is 0. The molecule has 0 bridgehead atoms. The number of rotatable bonds is 3. The third kappa shape index (κ3) is 3.70. The van der Waals surface area contributed by atoms with Crippen LogP contribution in [0.1, 0.15) is 0 Å². The fraction of sp³-hybridized carbons (Fsp3) is 0. The molecule has 0 saturated heterocycles. The van der Waals surface area contributed by atoms with Gasteiger partial charge in [-0.25, -0.2) is 4.98 Å². The Hall–Kier alpha value is -5.29. The first-order chi connectivity index (χ1) is 22.3. The van der Waals surface area contributed by atoms with Gasteiger partial charge < -0.3 is 0 Å². The Morgan fingerprint density at radius 3 is 2.02 bits per heavy atom. The molecule has 0 aliphatic carbocycles. The molecule has 4 heteroatoms. The van der Waals surface area contributed by atoms with Crippen molar-refractivity contribution in [2.24, 2.45) is 0 Å². The van der Waals surface area contributed by atoms with E-state index in [1.54, 1.807) is 0 Å². The zero-order chi connectivity index (χ0) is 29.5. The Balaban J connectivity index is 1.32. The van der Waals surface area contributed by atoms with Crippen LogP contribution in [0.25, 0.3) is 90.4 Å². The highest BCUT2D eigenvalue weighted by Gasteiger charge is 2.20. The molecule has 0 aliphatic heterocycles. The number of nitrogens with zero attached hydrogens (tertiary/aromatic N) is 2. The summed E-state index contributed by atoms with van der Waals surface area (Å²) in [5.41, 5.74) is 6.82. The van der Waals surface area contributed by atoms with Gasteiger partial charge in [0, 0.05) is 56.7 Å². The Bertz CT molecular complexity index is 2760. The Kier molecular flexibility index (Phi) is 5.35. The standard InChI is InChI=1S/C41H24N2S2/c1-2-11-25(12-3-1)26-23-32(29-16-10-20-37-39(29)31-15-6-9-19-36(31)44-37)42-38(24-26)43-33-17-7-4-14-30(33)40-34(43)22-21-28-27-13-5-8-18-35(27)45-41(28)40/h1-24H. The second-order valence-electron chi connectivity index (χ2n) is 11.5. The van der Waals surface area contributed by atoms with Crippen molar-refractivity contribution >= 4 is 84.8 Å². The molecule has 0 amide bonds. The van der Waals surface area contributed by atoms with Crippen LogP contribution in [0, 0.1) is 0 Å². The van der Waals surface area contributed by atoms with Crippen molar-refractivity contribution in [3.8, 4) is 28.2 Å². The number of hydrogen-bond donors (Lipinski definition) is 0. The molecule has 0 unspecified atom stereocenters. The monoisotopic (exact) mass is 608 g/mol. The van der Waals surface area contributed by atoms with Crippen LogP contribution >= 0.6 is 22.7 Å². The topological polar surface area (TPSA) is 17.8 Å². The van der Waals surface area contributed by atoms with Gasteiger partial charge in [-0.2, -0.15) is 0 Å². The summed E-state index contributed by atoms with van der Waals surface area (Å²) in [5, 5.41) is 7.74. The number of fused-ring (bicyclic) bond motifs is 10. The minimum absolute atomic E-state index is 0.926. The summed E-state index contributed by atoms with van der Waals surface area (Å²) in [6, 6.07) is 52.7. The van der Waals surface area contributed by atoms with E-state index >= 15 is 0 Å². The van der Waals surface area contributed by atoms with Crippen molar-refractivity contribution in [1.82, 2.24) is 9.55 Å². The molecule has 0 aliphatic rings. The molecule has 45 heavy (non-hydrogen) atoms. The number of thiophene rings is 2. The summed E-state index contributed by atoms with van der Waals surface area (Å²) in [4.78, 5) is 5.50. The number of pyridine rings is 1. The molecule has 2 nitrogen and oxygen atoms in total. The molecular weight excluding hydrogens is 585 g/mol. The highest BCUT2D eigenvalue weighted by atomic mass is 32.1. The number of benzene rings is 6. The van der Waals surface area contributed by atoms with Gasteiger partial charge >= 0.3 is 0 Å². The second kappa shape index (κ2) is 9.60. The van der Waals surface area contributed by atoms with E-state index < -0.39 is 0 Å². The molecule has 4 aromatic heterocycles. The molecule has 0 radical (unpaired) electrons. The summed E-state index contributed by atoms with van der Waals surface area (Å²) >= 11 is 3.73. The van der Waals surface area contributed by atoms with Crippen LogP contribution in [0.5, 0.6) is 0 Å². The highest BCUT2D eigenvalue weighted by Crippen LogP contribution is 2.44. The predicted molar refractivity (Wildman–Crippen MR) is 195 cm³/mol. The quantitative estimate of drug-likeness (QED) is 0.195. The molecule has 4 heterocycles. The van der Waals surface area contributed by atoms with E-state index in [2.05, 4.69) is 150 Å². The summed E-state index contributed by atoms with van der Waals surface area (Å²) in [6.45, 7) is 0. The lowest BCUT2D eigenvalue weighted by Gasteiger charge is -2.13. The molecule has 0 atom stereocenters. The largest absolute Gasteiger partial charge is 0.294 e. The second-order valence-corrected chi connectivity index (χ2v) is 13.7. The van der Waals surface area contributed by atoms with Gasteiger partial charge in [-0.1, -0.05) is 103 Å². The van der Waals surface area contributed by atoms with Gasteiger partial charge in [-0.3, -0.25) is 4.57 Å². The molecule has 210 valence electrons. The van der Waals surface area contributed by atoms with E-state index in [0.717, 1.165) is 22.6 Å². The number of aromatic nitrogens is 2. The molecule has 0 saturated carbocycles. The highest BCUT2D eigenvalue weighted by molar-refractivity contribution is 7.27. The molecule has 10 aromatic rings. The number of hydrogen-bond acceptors (Lipinski definition) is 3. The Morgan fingerprint density at radius 2 is 1.16 bits per heavy atom. The van der Waals surface area contributed by atoms with E-state index in [0.29, 0.717) is 0 Å². The van der Waals surface area contributed by atoms with Gasteiger partial charge in [0.1, 0.15) is 5.82 Å². The van der Waals surface area contributed by atoms with E-state index in [9.17, 15) is 0 Å². The van der Waals surface area contributed by atoms with Crippen LogP contribution in [-0.2, 0) is 0 Å². The first-order valence-corrected chi connectivity index (χ1v) is 16.8. The lowest BCUT2D eigenvalue weighted by molar-refractivity contribution is 1.09. The van der Waals surface area contributed by atoms with Crippen molar-refractivity contribution in [2.75, 3.05) is 0 Å². The van der Waals surface area contributed by atoms with Gasteiger partial charge in [0.25, 0.3) is 0 Å². The van der Waals surface area contributed by atoms with Crippen molar-refractivity contribution in [2.45, 2.75) is 0 Å². The normalized spacial score (nSPS) is 12.0. The summed E-state index contributed by atoms with van der Waals surface area (Å²) < 4.78 is 7.60. The third-order valence-electron chi connectivity index (χ3n) is 9.01. The first-order valence-electron chi connectivity index (χ1n) is 15.1.